The first-order chi connectivity index (χ1) is 6.02. The monoisotopic (exact) mass is 305 g/mol. The topological polar surface area (TPSA) is 43.1 Å². The Morgan fingerprint density at radius 2 is 2.15 bits per heavy atom. The minimum absolute atomic E-state index is 0.0710. The number of anilines is 1. The molecule has 0 aromatic heterocycles. The Morgan fingerprint density at radius 1 is 1.54 bits per heavy atom. The van der Waals surface area contributed by atoms with Crippen molar-refractivity contribution >= 4 is 43.3 Å². The SMILES string of the molecule is CC(=O)C(Br)c1ccc(Br)c(N)c1. The third-order valence-corrected chi connectivity index (χ3v) is 3.57. The minimum atomic E-state index is -0.261. The number of ketones is 1. The number of benzene rings is 1. The van der Waals surface area contributed by atoms with Gasteiger partial charge in [0.05, 0.1) is 4.83 Å². The Labute approximate surface area is 93.8 Å². The van der Waals surface area contributed by atoms with E-state index in [4.69, 9.17) is 5.73 Å². The van der Waals surface area contributed by atoms with Crippen molar-refractivity contribution in [2.24, 2.45) is 0 Å². The molecule has 0 fully saturated rings. The van der Waals surface area contributed by atoms with Gasteiger partial charge in [0.15, 0.2) is 0 Å². The van der Waals surface area contributed by atoms with Gasteiger partial charge in [-0.15, -0.1) is 0 Å². The summed E-state index contributed by atoms with van der Waals surface area (Å²) in [6.45, 7) is 1.54. The van der Waals surface area contributed by atoms with E-state index in [9.17, 15) is 4.79 Å². The van der Waals surface area contributed by atoms with Crippen molar-refractivity contribution in [2.75, 3.05) is 5.73 Å². The molecule has 1 rings (SSSR count). The standard InChI is InChI=1S/C9H9Br2NO/c1-5(13)9(11)6-2-3-7(10)8(12)4-6/h2-4,9H,12H2,1H3. The van der Waals surface area contributed by atoms with Gasteiger partial charge in [-0.3, -0.25) is 4.79 Å². The smallest absolute Gasteiger partial charge is 0.147 e. The Bertz CT molecular complexity index is 338. The van der Waals surface area contributed by atoms with Crippen molar-refractivity contribution in [3.05, 3.63) is 28.2 Å². The highest BCUT2D eigenvalue weighted by Crippen LogP contribution is 2.28. The van der Waals surface area contributed by atoms with Crippen LogP contribution in [0.1, 0.15) is 17.3 Å². The highest BCUT2D eigenvalue weighted by molar-refractivity contribution is 9.10. The summed E-state index contributed by atoms with van der Waals surface area (Å²) < 4.78 is 0.847. The first-order valence-electron chi connectivity index (χ1n) is 3.72. The summed E-state index contributed by atoms with van der Waals surface area (Å²) in [5.74, 6) is 0.0710. The molecule has 1 unspecified atom stereocenters. The molecule has 0 aliphatic carbocycles. The fraction of sp³-hybridized carbons (Fsp3) is 0.222. The number of carbonyl (C=O) groups excluding carboxylic acids is 1. The van der Waals surface area contributed by atoms with Crippen molar-refractivity contribution < 1.29 is 4.79 Å². The molecule has 1 atom stereocenters. The number of Topliss-reactive ketones (excluding diaryl/α,β-unsaturated/α-hetero) is 1. The zero-order valence-electron chi connectivity index (χ0n) is 7.05. The number of hydrogen-bond acceptors (Lipinski definition) is 2. The molecule has 0 aliphatic heterocycles. The van der Waals surface area contributed by atoms with Crippen LogP contribution in [-0.2, 0) is 4.79 Å². The number of nitrogen functional groups attached to an aromatic ring is 1. The molecule has 0 radical (unpaired) electrons. The summed E-state index contributed by atoms with van der Waals surface area (Å²) in [5, 5.41) is 0. The molecule has 4 heteroatoms. The third-order valence-electron chi connectivity index (χ3n) is 1.67. The van der Waals surface area contributed by atoms with Crippen molar-refractivity contribution in [1.29, 1.82) is 0 Å². The van der Waals surface area contributed by atoms with Crippen molar-refractivity contribution in [2.45, 2.75) is 11.8 Å². The average Bonchev–Trinajstić information content (AvgIpc) is 2.08. The Kier molecular flexibility index (Phi) is 3.50. The fourth-order valence-corrected chi connectivity index (χ4v) is 1.49. The van der Waals surface area contributed by atoms with Crippen molar-refractivity contribution in [1.82, 2.24) is 0 Å². The molecule has 70 valence electrons. The number of carbonyl (C=O) groups is 1. The molecular weight excluding hydrogens is 298 g/mol. The van der Waals surface area contributed by atoms with Gasteiger partial charge in [0.1, 0.15) is 5.78 Å². The fourth-order valence-electron chi connectivity index (χ4n) is 0.955. The van der Waals surface area contributed by atoms with Crippen LogP contribution in [0.2, 0.25) is 0 Å². The molecule has 2 N–H and O–H groups in total. The highest BCUT2D eigenvalue weighted by atomic mass is 79.9. The van der Waals surface area contributed by atoms with E-state index in [0.29, 0.717) is 5.69 Å². The Morgan fingerprint density at radius 3 is 2.62 bits per heavy atom. The predicted octanol–water partition coefficient (Wildman–Crippen LogP) is 3.06. The molecule has 1 aromatic carbocycles. The van der Waals surface area contributed by atoms with Crippen LogP contribution in [0.5, 0.6) is 0 Å². The lowest BCUT2D eigenvalue weighted by atomic mass is 10.1. The van der Waals surface area contributed by atoms with Crippen LogP contribution < -0.4 is 5.73 Å². The summed E-state index contributed by atoms with van der Waals surface area (Å²) in [6.07, 6.45) is 0. The molecule has 2 nitrogen and oxygen atoms in total. The number of alkyl halides is 1. The minimum Gasteiger partial charge on any atom is -0.398 e. The number of rotatable bonds is 2. The van der Waals surface area contributed by atoms with Gasteiger partial charge in [-0.2, -0.15) is 0 Å². The maximum Gasteiger partial charge on any atom is 0.147 e. The van der Waals surface area contributed by atoms with E-state index < -0.39 is 0 Å². The van der Waals surface area contributed by atoms with E-state index in [1.165, 1.54) is 6.92 Å². The van der Waals surface area contributed by atoms with Crippen molar-refractivity contribution in [3.8, 4) is 0 Å². The van der Waals surface area contributed by atoms with Gasteiger partial charge < -0.3 is 5.73 Å². The van der Waals surface area contributed by atoms with E-state index in [2.05, 4.69) is 31.9 Å². The number of halogens is 2. The normalized spacial score (nSPS) is 12.5. The van der Waals surface area contributed by atoms with Crippen LogP contribution in [0.25, 0.3) is 0 Å². The molecular formula is C9H9Br2NO. The van der Waals surface area contributed by atoms with Crippen molar-refractivity contribution in [3.63, 3.8) is 0 Å². The molecule has 0 bridgehead atoms. The number of nitrogens with two attached hydrogens (primary N) is 1. The molecule has 13 heavy (non-hydrogen) atoms. The molecule has 0 aliphatic rings. The molecule has 0 heterocycles. The Hall–Kier alpha value is -0.350. The second kappa shape index (κ2) is 4.24. The second-order valence-corrected chi connectivity index (χ2v) is 4.52. The lowest BCUT2D eigenvalue weighted by molar-refractivity contribution is -0.116. The van der Waals surface area contributed by atoms with Gasteiger partial charge in [-0.05, 0) is 40.5 Å². The van der Waals surface area contributed by atoms with E-state index in [-0.39, 0.29) is 10.6 Å². The van der Waals surface area contributed by atoms with Crippen LogP contribution in [0.3, 0.4) is 0 Å². The molecule has 0 saturated heterocycles. The van der Waals surface area contributed by atoms with Gasteiger partial charge in [0, 0.05) is 10.2 Å². The maximum absolute atomic E-state index is 11.0. The quantitative estimate of drug-likeness (QED) is 0.674. The molecule has 0 saturated carbocycles. The first-order valence-corrected chi connectivity index (χ1v) is 5.42. The van der Waals surface area contributed by atoms with E-state index in [1.807, 2.05) is 12.1 Å². The summed E-state index contributed by atoms with van der Waals surface area (Å²) in [7, 11) is 0. The van der Waals surface area contributed by atoms with Gasteiger partial charge in [-0.25, -0.2) is 0 Å². The average molecular weight is 307 g/mol. The zero-order valence-corrected chi connectivity index (χ0v) is 10.2. The Balaban J connectivity index is 3.03. The summed E-state index contributed by atoms with van der Waals surface area (Å²) in [5.41, 5.74) is 7.20. The second-order valence-electron chi connectivity index (χ2n) is 2.75. The van der Waals surface area contributed by atoms with Crippen LogP contribution >= 0.6 is 31.9 Å². The van der Waals surface area contributed by atoms with Crippen LogP contribution in [0.15, 0.2) is 22.7 Å². The van der Waals surface area contributed by atoms with E-state index in [0.717, 1.165) is 10.0 Å². The van der Waals surface area contributed by atoms with Gasteiger partial charge in [0.25, 0.3) is 0 Å². The first kappa shape index (κ1) is 10.7. The van der Waals surface area contributed by atoms with E-state index in [1.54, 1.807) is 6.07 Å². The zero-order chi connectivity index (χ0) is 10.0. The van der Waals surface area contributed by atoms with Gasteiger partial charge in [0.2, 0.25) is 0 Å². The maximum atomic E-state index is 11.0. The lowest BCUT2D eigenvalue weighted by Gasteiger charge is -2.07. The van der Waals surface area contributed by atoms with Crippen LogP contribution in [-0.4, -0.2) is 5.78 Å². The van der Waals surface area contributed by atoms with Gasteiger partial charge in [-0.1, -0.05) is 22.0 Å². The summed E-state index contributed by atoms with van der Waals surface area (Å²) >= 11 is 6.58. The highest BCUT2D eigenvalue weighted by Gasteiger charge is 2.12. The lowest BCUT2D eigenvalue weighted by Crippen LogP contribution is -2.01. The third kappa shape index (κ3) is 2.54. The predicted molar refractivity (Wildman–Crippen MR) is 60.9 cm³/mol. The number of hydrogen-bond donors (Lipinski definition) is 1. The van der Waals surface area contributed by atoms with E-state index >= 15 is 0 Å². The summed E-state index contributed by atoms with van der Waals surface area (Å²) in [4.78, 5) is 10.8. The summed E-state index contributed by atoms with van der Waals surface area (Å²) in [6, 6.07) is 5.48. The molecule has 0 amide bonds. The molecule has 1 aromatic rings. The molecule has 0 spiro atoms. The van der Waals surface area contributed by atoms with Gasteiger partial charge >= 0.3 is 0 Å². The van der Waals surface area contributed by atoms with Crippen LogP contribution in [0.4, 0.5) is 5.69 Å². The largest absolute Gasteiger partial charge is 0.398 e. The van der Waals surface area contributed by atoms with Crippen LogP contribution in [0, 0.1) is 0 Å².